The monoisotopic (exact) mass is 1660 g/mol. The van der Waals surface area contributed by atoms with Gasteiger partial charge in [-0.2, -0.15) is 0 Å². The largest absolute Gasteiger partial charge is 0.454 e. The van der Waals surface area contributed by atoms with Crippen LogP contribution in [0.3, 0.4) is 0 Å². The Morgan fingerprint density at radius 2 is 0.594 bits per heavy atom. The Kier molecular flexibility index (Phi) is 15.8. The fraction of sp³-hybridized carbons (Fsp3) is 0.256. The molecule has 0 aliphatic carbocycles. The number of aryl methyl sites for hydroxylation is 3. The summed E-state index contributed by atoms with van der Waals surface area (Å²) in [7, 11) is 0. The minimum atomic E-state index is -0.291. The highest BCUT2D eigenvalue weighted by atomic mass is 16.3. The topological polar surface area (TPSA) is 37.3 Å². The van der Waals surface area contributed by atoms with E-state index in [-0.39, 0.29) is 37.9 Å². The molecular formula is C121H112N6O. The normalized spacial score (nSPS) is 13.6. The maximum absolute atomic E-state index is 7.70. The summed E-state index contributed by atoms with van der Waals surface area (Å²) in [6.45, 7) is 54.1. The first-order valence-electron chi connectivity index (χ1n) is 46.4. The van der Waals surface area contributed by atoms with E-state index in [1.165, 1.54) is 214 Å². The second kappa shape index (κ2) is 25.9. The summed E-state index contributed by atoms with van der Waals surface area (Å²) in [5, 5.41) is 22.9. The van der Waals surface area contributed by atoms with Gasteiger partial charge < -0.3 is 31.8 Å². The molecule has 0 fully saturated rings. The number of aromatic nitrogens is 4. The van der Waals surface area contributed by atoms with Gasteiger partial charge in [-0.15, -0.1) is 0 Å². The number of nitrogens with zero attached hydrogens (tertiary/aromatic N) is 6. The van der Waals surface area contributed by atoms with E-state index >= 15 is 0 Å². The van der Waals surface area contributed by atoms with Crippen LogP contribution in [0, 0.1) is 20.8 Å². The van der Waals surface area contributed by atoms with Crippen LogP contribution >= 0.6 is 0 Å². The Hall–Kier alpha value is -13.1. The van der Waals surface area contributed by atoms with Gasteiger partial charge in [-0.25, -0.2) is 0 Å². The molecule has 24 rings (SSSR count). The summed E-state index contributed by atoms with van der Waals surface area (Å²) >= 11 is 0. The summed E-state index contributed by atoms with van der Waals surface area (Å²) in [6, 6.07) is 97.8. The molecule has 0 amide bonds. The Bertz CT molecular complexity index is 8890. The molecule has 0 saturated carbocycles. The third kappa shape index (κ3) is 11.2. The van der Waals surface area contributed by atoms with Crippen LogP contribution in [0.2, 0.25) is 0 Å². The maximum Gasteiger partial charge on any atom is 0.159 e. The van der Waals surface area contributed by atoms with Crippen LogP contribution in [0.5, 0.6) is 0 Å². The van der Waals surface area contributed by atoms with Crippen LogP contribution in [0.15, 0.2) is 253 Å². The van der Waals surface area contributed by atoms with Crippen molar-refractivity contribution in [3.63, 3.8) is 0 Å². The molecular weight excluding hydrogens is 1550 g/mol. The summed E-state index contributed by atoms with van der Waals surface area (Å²) in [6.07, 6.45) is 0.815. The lowest BCUT2D eigenvalue weighted by atomic mass is 9.77. The molecule has 0 aliphatic heterocycles. The van der Waals surface area contributed by atoms with Crippen LogP contribution in [0.1, 0.15) is 200 Å². The van der Waals surface area contributed by atoms with Gasteiger partial charge in [-0.05, 0) is 278 Å². The van der Waals surface area contributed by atoms with Crippen LogP contribution in [-0.4, -0.2) is 17.6 Å². The molecule has 632 valence electrons. The highest BCUT2D eigenvalue weighted by Crippen LogP contribution is 2.55. The summed E-state index contributed by atoms with van der Waals surface area (Å²) < 4.78 is 18.2. The van der Waals surface area contributed by atoms with Crippen molar-refractivity contribution in [2.45, 2.75) is 204 Å². The first-order valence-corrected chi connectivity index (χ1v) is 46.4. The molecule has 9 heterocycles. The number of anilines is 6. The quantitative estimate of drug-likeness (QED) is 0.145. The van der Waals surface area contributed by atoms with Gasteiger partial charge in [0.05, 0.1) is 71.9 Å². The predicted octanol–water partition coefficient (Wildman–Crippen LogP) is 34.4. The Balaban J connectivity index is 0.653. The van der Waals surface area contributed by atoms with Crippen molar-refractivity contribution in [2.75, 3.05) is 9.80 Å². The van der Waals surface area contributed by atoms with E-state index in [0.717, 1.165) is 62.4 Å². The van der Waals surface area contributed by atoms with Gasteiger partial charge in [0, 0.05) is 131 Å². The van der Waals surface area contributed by atoms with E-state index in [1.54, 1.807) is 0 Å². The smallest absolute Gasteiger partial charge is 0.159 e. The molecule has 0 N–H and O–H groups in total. The lowest BCUT2D eigenvalue weighted by Gasteiger charge is -2.27. The number of furan rings is 1. The second-order valence-corrected chi connectivity index (χ2v) is 45.1. The first kappa shape index (κ1) is 78.4. The lowest BCUT2D eigenvalue weighted by Crippen LogP contribution is -2.21. The molecule has 7 nitrogen and oxygen atoms in total. The summed E-state index contributed by atoms with van der Waals surface area (Å²) in [5.74, 6) is 0. The van der Waals surface area contributed by atoms with Gasteiger partial charge in [0.25, 0.3) is 0 Å². The minimum absolute atomic E-state index is 0.0123. The lowest BCUT2D eigenvalue weighted by molar-refractivity contribution is 0.520. The van der Waals surface area contributed by atoms with Crippen molar-refractivity contribution < 1.29 is 4.42 Å². The Morgan fingerprint density at radius 1 is 0.242 bits per heavy atom. The molecule has 24 aromatic rings. The van der Waals surface area contributed by atoms with Crippen molar-refractivity contribution >= 4 is 208 Å². The van der Waals surface area contributed by atoms with Gasteiger partial charge in [0.2, 0.25) is 0 Å². The minimum Gasteiger partial charge on any atom is -0.454 e. The van der Waals surface area contributed by atoms with E-state index in [2.05, 4.69) is 435 Å². The van der Waals surface area contributed by atoms with Gasteiger partial charge >= 0.3 is 0 Å². The highest BCUT2D eigenvalue weighted by molar-refractivity contribution is 6.32. The molecule has 7 heteroatoms. The van der Waals surface area contributed by atoms with Gasteiger partial charge in [0.15, 0.2) is 5.58 Å². The van der Waals surface area contributed by atoms with Gasteiger partial charge in [-0.1, -0.05) is 229 Å². The van der Waals surface area contributed by atoms with Crippen molar-refractivity contribution in [3.8, 4) is 0 Å². The van der Waals surface area contributed by atoms with Gasteiger partial charge in [0.1, 0.15) is 5.58 Å². The van der Waals surface area contributed by atoms with Crippen LogP contribution in [0.25, 0.3) is 174 Å². The SMILES string of the molecule is Cc1ccc(C)c(N(c2ccccc2)c2ccc3c4cc(C(C)(C)C)cc5c6cc7c(cc6n(c3c2)c45)c2cc(C(C)(C)C)cc3c4cc(C(C)(C)Cc5cc(C(C)(C)C)c6oc8c(N(c9ccccc9)c9ccc%10c%11cc(C(C)(C)C)cc%12c%13cc%14c(cc%13n(c%10c9)c%11%12)c9cc(C(C)(C)C)cc%10c%11cc(C(C)(C)C)ccc%11n%14c%109)c(C)ccc8c6c5)ccc4n7c32)c1. The maximum atomic E-state index is 7.70. The molecule has 0 atom stereocenters. The average Bonchev–Trinajstić information content (AvgIpc) is 1.50. The molecule has 0 aliphatic rings. The van der Waals surface area contributed by atoms with E-state index in [4.69, 9.17) is 4.42 Å². The Morgan fingerprint density at radius 3 is 1.02 bits per heavy atom. The molecule has 0 unspecified atom stereocenters. The second-order valence-electron chi connectivity index (χ2n) is 45.1. The number of benzene rings is 15. The van der Waals surface area contributed by atoms with Gasteiger partial charge in [-0.3, -0.25) is 0 Å². The van der Waals surface area contributed by atoms with Crippen LogP contribution < -0.4 is 9.80 Å². The molecule has 0 spiro atoms. The third-order valence-corrected chi connectivity index (χ3v) is 29.7. The zero-order valence-electron chi connectivity index (χ0n) is 78.5. The molecule has 0 bridgehead atoms. The fourth-order valence-corrected chi connectivity index (χ4v) is 22.6. The van der Waals surface area contributed by atoms with Crippen molar-refractivity contribution in [2.24, 2.45) is 0 Å². The predicted molar refractivity (Wildman–Crippen MR) is 551 cm³/mol. The van der Waals surface area contributed by atoms with Crippen molar-refractivity contribution in [1.29, 1.82) is 0 Å². The zero-order valence-corrected chi connectivity index (χ0v) is 78.5. The standard InChI is InChI=1S/C121H112N6O/c1-66-34-35-67(2)101(46-66)122(76-30-26-24-27-31-76)78-39-42-80-89-51-72(116(7,8)9)55-93-87-62-105-86(63-106(87)126(109(89)93)102(80)59-78)96-58-75(119(16,17)18)54-92-84-50-71(38-45-100(84)125(105)112(92)96)121(22,23)65-69-47-97-82-41-36-68(3)108(114(82)128-113(97)98(48-69)120(19,20)21)123(77-32-28-25-29-33-77)79-40-43-81-90-52-73(117(10,11)12)56-94-88-61-104-85(64-107(88)127(110(90)94)103(81)60-79)95-57-74(118(13,14)15)53-91-83-49-70(115(4,5)6)37-44-99(83)124(104)111(91)95/h24-64H,65H2,1-23H3. The van der Waals surface area contributed by atoms with E-state index in [1.807, 2.05) is 0 Å². The number of para-hydroxylation sites is 2. The van der Waals surface area contributed by atoms with E-state index in [9.17, 15) is 0 Å². The van der Waals surface area contributed by atoms with E-state index in [0.29, 0.717) is 0 Å². The van der Waals surface area contributed by atoms with E-state index < -0.39 is 0 Å². The fourth-order valence-electron chi connectivity index (χ4n) is 22.6. The summed E-state index contributed by atoms with van der Waals surface area (Å²) in [4.78, 5) is 4.94. The zero-order chi connectivity index (χ0) is 88.7. The first-order chi connectivity index (χ1) is 60.7. The molecule has 0 radical (unpaired) electrons. The van der Waals surface area contributed by atoms with Crippen molar-refractivity contribution in [1.82, 2.24) is 17.6 Å². The molecule has 15 aromatic carbocycles. The molecule has 9 aromatic heterocycles. The number of fused-ring (bicyclic) bond motifs is 27. The average molecular weight is 1670 g/mol. The van der Waals surface area contributed by atoms with Crippen LogP contribution in [-0.2, 0) is 44.3 Å². The molecule has 0 saturated heterocycles. The molecule has 128 heavy (non-hydrogen) atoms. The Labute approximate surface area is 748 Å². The third-order valence-electron chi connectivity index (χ3n) is 29.7. The summed E-state index contributed by atoms with van der Waals surface area (Å²) in [5.41, 5.74) is 36.7. The number of hydrogen-bond donors (Lipinski definition) is 0. The number of hydrogen-bond acceptors (Lipinski definition) is 3. The van der Waals surface area contributed by atoms with Crippen molar-refractivity contribution in [3.05, 3.63) is 310 Å². The van der Waals surface area contributed by atoms with Crippen LogP contribution in [0.4, 0.5) is 34.1 Å². The number of rotatable bonds is 9. The highest BCUT2D eigenvalue weighted by Gasteiger charge is 2.36.